The molecule has 4 heterocycles. The molecule has 0 aliphatic carbocycles. The summed E-state index contributed by atoms with van der Waals surface area (Å²) in [6.45, 7) is 0. The quantitative estimate of drug-likeness (QED) is 0.393. The van der Waals surface area contributed by atoms with Crippen molar-refractivity contribution in [1.82, 2.24) is 0 Å². The standard InChI is InChI=1S/C24H27Br2NO3S/c25-19-20(26)24-15-11-6-4-2-1-3-5-10-14-23(19,31(24)30)17-18(24)22(29)27(21(17)28)16-12-8-7-9-13-16/h7-9,12-13,17-18H,1-6,10-11,14-15H2/t17-,18+,23-,24+,31?. The predicted octanol–water partition coefficient (Wildman–Crippen LogP) is 5.96. The highest BCUT2D eigenvalue weighted by Gasteiger charge is 2.80. The molecule has 0 radical (unpaired) electrons. The van der Waals surface area contributed by atoms with Crippen LogP contribution in [0.1, 0.15) is 64.2 Å². The molecule has 1 aromatic rings. The third-order valence-corrected chi connectivity index (χ3v) is 13.7. The molecular weight excluding hydrogens is 542 g/mol. The van der Waals surface area contributed by atoms with E-state index in [4.69, 9.17) is 0 Å². The van der Waals surface area contributed by atoms with E-state index < -0.39 is 32.1 Å². The van der Waals surface area contributed by atoms with Crippen LogP contribution < -0.4 is 4.90 Å². The predicted molar refractivity (Wildman–Crippen MR) is 131 cm³/mol. The fourth-order valence-electron chi connectivity index (χ4n) is 6.36. The lowest BCUT2D eigenvalue weighted by Gasteiger charge is -2.33. The molecule has 2 amide bonds. The van der Waals surface area contributed by atoms with Crippen molar-refractivity contribution in [3.8, 4) is 0 Å². The molecule has 1 unspecified atom stereocenters. The van der Waals surface area contributed by atoms with Gasteiger partial charge >= 0.3 is 0 Å². The first-order chi connectivity index (χ1) is 15.0. The second kappa shape index (κ2) is 8.21. The van der Waals surface area contributed by atoms with Crippen LogP contribution in [0.2, 0.25) is 0 Å². The summed E-state index contributed by atoms with van der Waals surface area (Å²) in [4.78, 5) is 29.0. The van der Waals surface area contributed by atoms with Crippen molar-refractivity contribution in [1.29, 1.82) is 0 Å². The summed E-state index contributed by atoms with van der Waals surface area (Å²) >= 11 is 7.57. The zero-order valence-electron chi connectivity index (χ0n) is 17.4. The normalized spacial score (nSPS) is 38.6. The van der Waals surface area contributed by atoms with Gasteiger partial charge in [-0.05, 0) is 25.0 Å². The molecule has 0 N–H and O–H groups in total. The number of hydrogen-bond donors (Lipinski definition) is 0. The van der Waals surface area contributed by atoms with Crippen LogP contribution in [0.15, 0.2) is 39.3 Å². The molecule has 5 rings (SSSR count). The maximum Gasteiger partial charge on any atom is 0.239 e. The minimum Gasteiger partial charge on any atom is -0.274 e. The Labute approximate surface area is 202 Å². The van der Waals surface area contributed by atoms with Crippen molar-refractivity contribution in [2.75, 3.05) is 4.90 Å². The Balaban J connectivity index is 1.65. The van der Waals surface area contributed by atoms with Crippen LogP contribution >= 0.6 is 31.9 Å². The van der Waals surface area contributed by atoms with Crippen LogP contribution in [-0.4, -0.2) is 25.5 Å². The lowest BCUT2D eigenvalue weighted by Crippen LogP contribution is -2.44. The molecule has 166 valence electrons. The number of hydrogen-bond acceptors (Lipinski definition) is 3. The molecular formula is C24H27Br2NO3S. The van der Waals surface area contributed by atoms with Gasteiger partial charge in [-0.25, -0.2) is 4.90 Å². The highest BCUT2D eigenvalue weighted by molar-refractivity contribution is 9.14. The van der Waals surface area contributed by atoms with Crippen LogP contribution in [0.25, 0.3) is 0 Å². The molecule has 5 atom stereocenters. The van der Waals surface area contributed by atoms with Crippen molar-refractivity contribution in [3.63, 3.8) is 0 Å². The first-order valence-corrected chi connectivity index (χ1v) is 14.1. The number of para-hydroxylation sites is 1. The van der Waals surface area contributed by atoms with E-state index in [-0.39, 0.29) is 11.8 Å². The lowest BCUT2D eigenvalue weighted by molar-refractivity contribution is -0.122. The average Bonchev–Trinajstić information content (AvgIpc) is 3.23. The number of nitrogens with zero attached hydrogens (tertiary/aromatic N) is 1. The van der Waals surface area contributed by atoms with E-state index >= 15 is 0 Å². The van der Waals surface area contributed by atoms with E-state index in [1.54, 1.807) is 0 Å². The van der Waals surface area contributed by atoms with Crippen LogP contribution in [0.3, 0.4) is 0 Å². The fourth-order valence-corrected chi connectivity index (χ4v) is 11.9. The Morgan fingerprint density at radius 2 is 1.16 bits per heavy atom. The van der Waals surface area contributed by atoms with Gasteiger partial charge in [-0.2, -0.15) is 0 Å². The number of rotatable bonds is 1. The molecule has 1 aromatic carbocycles. The highest BCUT2D eigenvalue weighted by Crippen LogP contribution is 2.70. The van der Waals surface area contributed by atoms with Gasteiger partial charge in [0.25, 0.3) is 0 Å². The second-order valence-electron chi connectivity index (χ2n) is 9.31. The molecule has 2 bridgehead atoms. The zero-order valence-corrected chi connectivity index (χ0v) is 21.4. The largest absolute Gasteiger partial charge is 0.274 e. The summed E-state index contributed by atoms with van der Waals surface area (Å²) in [5, 5.41) is 0. The smallest absolute Gasteiger partial charge is 0.239 e. The molecule has 4 nitrogen and oxygen atoms in total. The summed E-state index contributed by atoms with van der Waals surface area (Å²) < 4.78 is 14.4. The van der Waals surface area contributed by atoms with Crippen molar-refractivity contribution >= 4 is 60.2 Å². The molecule has 31 heavy (non-hydrogen) atoms. The Kier molecular flexibility index (Phi) is 5.83. The average molecular weight is 569 g/mol. The third kappa shape index (κ3) is 2.91. The zero-order chi connectivity index (χ0) is 21.8. The maximum absolute atomic E-state index is 14.3. The molecule has 4 aliphatic rings. The SMILES string of the molecule is O=C1[C@@H]2[C@H](C(=O)N1c1ccccc1)[C@]13CCCCCCCCCC[C@]2(C(Br)=C1Br)S3=O. The number of carbonyl (C=O) groups excluding carboxylic acids is 2. The number of halogens is 2. The summed E-state index contributed by atoms with van der Waals surface area (Å²) in [6, 6.07) is 9.21. The van der Waals surface area contributed by atoms with Gasteiger partial charge < -0.3 is 0 Å². The molecule has 3 fully saturated rings. The van der Waals surface area contributed by atoms with Gasteiger partial charge in [0.05, 0.1) is 27.0 Å². The van der Waals surface area contributed by atoms with Crippen LogP contribution in [0.4, 0.5) is 5.69 Å². The number of benzene rings is 1. The topological polar surface area (TPSA) is 54.5 Å². The van der Waals surface area contributed by atoms with Crippen LogP contribution in [0, 0.1) is 11.8 Å². The second-order valence-corrected chi connectivity index (χ2v) is 12.9. The van der Waals surface area contributed by atoms with Gasteiger partial charge in [-0.3, -0.25) is 13.8 Å². The number of imide groups is 1. The van der Waals surface area contributed by atoms with Gasteiger partial charge in [-0.1, -0.05) is 101 Å². The third-order valence-electron chi connectivity index (χ3n) is 7.77. The Bertz CT molecular complexity index is 924. The number of fused-ring (bicyclic) bond motifs is 1. The Morgan fingerprint density at radius 3 is 1.61 bits per heavy atom. The van der Waals surface area contributed by atoms with Gasteiger partial charge in [0.2, 0.25) is 11.8 Å². The summed E-state index contributed by atoms with van der Waals surface area (Å²) in [5.74, 6) is -1.47. The van der Waals surface area contributed by atoms with Gasteiger partial charge in [0.1, 0.15) is 0 Å². The first-order valence-electron chi connectivity index (χ1n) is 11.4. The van der Waals surface area contributed by atoms with E-state index in [0.29, 0.717) is 18.5 Å². The number of carbonyl (C=O) groups is 2. The van der Waals surface area contributed by atoms with Crippen molar-refractivity contribution < 1.29 is 13.8 Å². The van der Waals surface area contributed by atoms with E-state index in [9.17, 15) is 13.8 Å². The van der Waals surface area contributed by atoms with Crippen LogP contribution in [0.5, 0.6) is 0 Å². The number of anilines is 1. The van der Waals surface area contributed by atoms with E-state index in [1.807, 2.05) is 30.3 Å². The van der Waals surface area contributed by atoms with Crippen molar-refractivity contribution in [2.24, 2.45) is 11.8 Å². The molecule has 0 saturated carbocycles. The first kappa shape index (κ1) is 22.0. The monoisotopic (exact) mass is 567 g/mol. The van der Waals surface area contributed by atoms with Crippen molar-refractivity contribution in [2.45, 2.75) is 73.7 Å². The van der Waals surface area contributed by atoms with Gasteiger partial charge in [0, 0.05) is 19.8 Å². The highest BCUT2D eigenvalue weighted by atomic mass is 79.9. The molecule has 0 aromatic heterocycles. The molecule has 3 saturated heterocycles. The van der Waals surface area contributed by atoms with Gasteiger partial charge in [-0.15, -0.1) is 0 Å². The Morgan fingerprint density at radius 1 is 0.742 bits per heavy atom. The van der Waals surface area contributed by atoms with Gasteiger partial charge in [0.15, 0.2) is 0 Å². The van der Waals surface area contributed by atoms with Crippen LogP contribution in [-0.2, 0) is 20.4 Å². The summed E-state index contributed by atoms with van der Waals surface area (Å²) in [7, 11) is -1.32. The Hall–Kier alpha value is -0.790. The fraction of sp³-hybridized carbons (Fsp3) is 0.583. The summed E-state index contributed by atoms with van der Waals surface area (Å²) in [5.41, 5.74) is 0.618. The molecule has 4 aliphatic heterocycles. The molecule has 7 heteroatoms. The minimum absolute atomic E-state index is 0.180. The number of amides is 2. The molecule has 0 spiro atoms. The van der Waals surface area contributed by atoms with E-state index in [0.717, 1.165) is 34.6 Å². The minimum atomic E-state index is -1.32. The lowest BCUT2D eigenvalue weighted by atomic mass is 9.69. The van der Waals surface area contributed by atoms with E-state index in [1.165, 1.54) is 30.6 Å². The van der Waals surface area contributed by atoms with E-state index in [2.05, 4.69) is 31.9 Å². The summed E-state index contributed by atoms with van der Waals surface area (Å²) in [6.07, 6.45) is 10.2. The maximum atomic E-state index is 14.3. The van der Waals surface area contributed by atoms with Crippen molar-refractivity contribution in [3.05, 3.63) is 39.3 Å².